The molecule has 1 rings (SSSR count). The number of hydrogen-bond acceptors (Lipinski definition) is 6. The van der Waals surface area contributed by atoms with Gasteiger partial charge in [-0.05, 0) is 13.3 Å². The number of thioether (sulfide) groups is 1. The first kappa shape index (κ1) is 12.7. The molecule has 0 bridgehead atoms. The number of nitrogens with one attached hydrogen (secondary N) is 1. The molecule has 1 fully saturated rings. The van der Waals surface area contributed by atoms with Gasteiger partial charge in [0.25, 0.3) is 0 Å². The van der Waals surface area contributed by atoms with Gasteiger partial charge in [0.1, 0.15) is 0 Å². The van der Waals surface area contributed by atoms with Crippen LogP contribution in [0.2, 0.25) is 0 Å². The largest absolute Gasteiger partial charge is 0.550 e. The van der Waals surface area contributed by atoms with Gasteiger partial charge in [-0.25, -0.2) is 0 Å². The van der Waals surface area contributed by atoms with Crippen LogP contribution in [0, 0.1) is 0 Å². The summed E-state index contributed by atoms with van der Waals surface area (Å²) in [7, 11) is 0. The normalized spacial score (nSPS) is 23.6. The van der Waals surface area contributed by atoms with Crippen molar-refractivity contribution < 1.29 is 14.7 Å². The molecule has 0 aromatic rings. The predicted molar refractivity (Wildman–Crippen MR) is 60.0 cm³/mol. The van der Waals surface area contributed by atoms with Crippen LogP contribution in [0.3, 0.4) is 0 Å². The molecule has 0 aromatic carbocycles. The lowest BCUT2D eigenvalue weighted by molar-refractivity contribution is -0.305. The molecule has 1 aliphatic rings. The number of amidine groups is 1. The van der Waals surface area contributed by atoms with Gasteiger partial charge in [0.2, 0.25) is 5.91 Å². The van der Waals surface area contributed by atoms with Gasteiger partial charge in [-0.3, -0.25) is 4.79 Å². The van der Waals surface area contributed by atoms with E-state index in [0.717, 1.165) is 23.9 Å². The summed E-state index contributed by atoms with van der Waals surface area (Å²) in [5.74, 6) is -1.61. The zero-order valence-electron chi connectivity index (χ0n) is 9.02. The minimum Gasteiger partial charge on any atom is -0.550 e. The van der Waals surface area contributed by atoms with Gasteiger partial charge in [-0.15, -0.1) is 5.10 Å². The highest BCUT2D eigenvalue weighted by atomic mass is 32.2. The molecule has 16 heavy (non-hydrogen) atoms. The van der Waals surface area contributed by atoms with Crippen molar-refractivity contribution in [1.82, 2.24) is 5.32 Å². The van der Waals surface area contributed by atoms with Gasteiger partial charge in [-0.1, -0.05) is 18.7 Å². The summed E-state index contributed by atoms with van der Waals surface area (Å²) in [5, 5.41) is 20.2. The molecule has 1 amide bonds. The molecule has 6 nitrogen and oxygen atoms in total. The zero-order chi connectivity index (χ0) is 12.1. The van der Waals surface area contributed by atoms with Gasteiger partial charge < -0.3 is 15.2 Å². The van der Waals surface area contributed by atoms with Gasteiger partial charge in [0.05, 0.1) is 5.25 Å². The second kappa shape index (κ2) is 5.64. The van der Waals surface area contributed by atoms with E-state index in [2.05, 4.69) is 15.5 Å². The number of carboxylic acid groups (broad SMARTS) is 1. The maximum Gasteiger partial charge on any atom is 0.239 e. The van der Waals surface area contributed by atoms with Crippen molar-refractivity contribution in [3.8, 4) is 0 Å². The third-order valence-corrected chi connectivity index (χ3v) is 3.02. The van der Waals surface area contributed by atoms with Gasteiger partial charge in [0.15, 0.2) is 5.17 Å². The minimum absolute atomic E-state index is 0.313. The standard InChI is InChI=1S/C9H13N3O3S/c1-3-5(2)11-12-9-10-8(15)6(16-9)4-7(13)14/h6H,3-4H2,1-2H3,(H,13,14)(H,10,12,15)/p-1/b11-5+/t6-/m0/s1. The number of hydrogen-bond donors (Lipinski definition) is 1. The molecule has 0 aliphatic carbocycles. The van der Waals surface area contributed by atoms with E-state index in [1.807, 2.05) is 13.8 Å². The average molecular weight is 242 g/mol. The number of carboxylic acids is 1. The van der Waals surface area contributed by atoms with Crippen molar-refractivity contribution in [1.29, 1.82) is 0 Å². The second-order valence-electron chi connectivity index (χ2n) is 3.27. The van der Waals surface area contributed by atoms with E-state index in [1.165, 1.54) is 0 Å². The smallest absolute Gasteiger partial charge is 0.239 e. The molecule has 0 radical (unpaired) electrons. The Balaban J connectivity index is 2.62. The van der Waals surface area contributed by atoms with Crippen LogP contribution in [0.1, 0.15) is 26.7 Å². The number of carbonyl (C=O) groups is 2. The van der Waals surface area contributed by atoms with Crippen molar-refractivity contribution in [3.05, 3.63) is 0 Å². The van der Waals surface area contributed by atoms with E-state index < -0.39 is 11.2 Å². The third-order valence-electron chi connectivity index (χ3n) is 1.95. The topological polar surface area (TPSA) is 94.0 Å². The highest BCUT2D eigenvalue weighted by Crippen LogP contribution is 2.21. The molecule has 0 spiro atoms. The molecule has 0 saturated carbocycles. The summed E-state index contributed by atoms with van der Waals surface area (Å²) in [6.45, 7) is 3.77. The molecule has 1 heterocycles. The molecule has 1 N–H and O–H groups in total. The van der Waals surface area contributed by atoms with Crippen LogP contribution in [0.15, 0.2) is 10.2 Å². The molecular weight excluding hydrogens is 230 g/mol. The Morgan fingerprint density at radius 2 is 2.31 bits per heavy atom. The van der Waals surface area contributed by atoms with Gasteiger partial charge in [0, 0.05) is 18.1 Å². The highest BCUT2D eigenvalue weighted by Gasteiger charge is 2.30. The first-order valence-electron chi connectivity index (χ1n) is 4.81. The van der Waals surface area contributed by atoms with Crippen molar-refractivity contribution >= 4 is 34.5 Å². The van der Waals surface area contributed by atoms with Crippen LogP contribution >= 0.6 is 11.8 Å². The maximum atomic E-state index is 11.3. The summed E-state index contributed by atoms with van der Waals surface area (Å²) in [6, 6.07) is 0. The first-order chi connectivity index (χ1) is 7.52. The summed E-state index contributed by atoms with van der Waals surface area (Å²) in [6.07, 6.45) is 0.462. The molecule has 0 aromatic heterocycles. The van der Waals surface area contributed by atoms with Gasteiger partial charge >= 0.3 is 0 Å². The van der Waals surface area contributed by atoms with E-state index >= 15 is 0 Å². The Morgan fingerprint density at radius 3 is 2.88 bits per heavy atom. The lowest BCUT2D eigenvalue weighted by atomic mass is 10.3. The fourth-order valence-electron chi connectivity index (χ4n) is 0.939. The first-order valence-corrected chi connectivity index (χ1v) is 5.69. The van der Waals surface area contributed by atoms with Crippen LogP contribution in [0.25, 0.3) is 0 Å². The predicted octanol–water partition coefficient (Wildman–Crippen LogP) is -0.500. The van der Waals surface area contributed by atoms with Crippen molar-refractivity contribution in [2.45, 2.75) is 31.9 Å². The van der Waals surface area contributed by atoms with Crippen molar-refractivity contribution in [3.63, 3.8) is 0 Å². The molecule has 88 valence electrons. The van der Waals surface area contributed by atoms with E-state index in [-0.39, 0.29) is 12.3 Å². The number of nitrogens with zero attached hydrogens (tertiary/aromatic N) is 2. The van der Waals surface area contributed by atoms with Gasteiger partial charge in [-0.2, -0.15) is 5.10 Å². The summed E-state index contributed by atoms with van der Waals surface area (Å²) in [4.78, 5) is 21.6. The summed E-state index contributed by atoms with van der Waals surface area (Å²) < 4.78 is 0. The monoisotopic (exact) mass is 242 g/mol. The van der Waals surface area contributed by atoms with E-state index in [4.69, 9.17) is 0 Å². The highest BCUT2D eigenvalue weighted by molar-refractivity contribution is 8.15. The van der Waals surface area contributed by atoms with Crippen LogP contribution in [0.5, 0.6) is 0 Å². The molecule has 1 saturated heterocycles. The minimum atomic E-state index is -1.25. The number of carbonyl (C=O) groups excluding carboxylic acids is 2. The number of rotatable bonds is 4. The lowest BCUT2D eigenvalue weighted by Gasteiger charge is -2.04. The number of aliphatic carboxylic acids is 1. The third kappa shape index (κ3) is 3.65. The Kier molecular flexibility index (Phi) is 4.48. The number of amides is 1. The van der Waals surface area contributed by atoms with Crippen LogP contribution < -0.4 is 10.4 Å². The Morgan fingerprint density at radius 1 is 1.62 bits per heavy atom. The summed E-state index contributed by atoms with van der Waals surface area (Å²) >= 11 is 1.06. The molecular formula is C9H12N3O3S-. The fraction of sp³-hybridized carbons (Fsp3) is 0.556. The summed E-state index contributed by atoms with van der Waals surface area (Å²) in [5.41, 5.74) is 0.839. The van der Waals surface area contributed by atoms with Crippen LogP contribution in [-0.4, -0.2) is 28.0 Å². The van der Waals surface area contributed by atoms with E-state index in [0.29, 0.717) is 5.17 Å². The molecule has 1 aliphatic heterocycles. The fourth-order valence-corrected chi connectivity index (χ4v) is 1.84. The molecule has 0 unspecified atom stereocenters. The maximum absolute atomic E-state index is 11.3. The lowest BCUT2D eigenvalue weighted by Crippen LogP contribution is -2.31. The van der Waals surface area contributed by atoms with Crippen LogP contribution in [-0.2, 0) is 9.59 Å². The van der Waals surface area contributed by atoms with Crippen molar-refractivity contribution in [2.24, 2.45) is 10.2 Å². The quantitative estimate of drug-likeness (QED) is 0.531. The van der Waals surface area contributed by atoms with E-state index in [9.17, 15) is 14.7 Å². The molecule has 7 heteroatoms. The zero-order valence-corrected chi connectivity index (χ0v) is 9.84. The van der Waals surface area contributed by atoms with E-state index in [1.54, 1.807) is 0 Å². The average Bonchev–Trinajstić information content (AvgIpc) is 2.55. The second-order valence-corrected chi connectivity index (χ2v) is 4.46. The molecule has 1 atom stereocenters. The Hall–Kier alpha value is -1.37. The van der Waals surface area contributed by atoms with Crippen LogP contribution in [0.4, 0.5) is 0 Å². The SMILES string of the molecule is CC/C(C)=N/N=C1/NC(=O)[C@H](CC(=O)[O-])S1. The van der Waals surface area contributed by atoms with Crippen molar-refractivity contribution in [2.75, 3.05) is 0 Å². The Bertz CT molecular complexity index is 365. The Labute approximate surface area is 97.2 Å².